The molecule has 4 nitrogen and oxygen atoms in total. The Labute approximate surface area is 112 Å². The van der Waals surface area contributed by atoms with Gasteiger partial charge in [-0.1, -0.05) is 12.1 Å². The van der Waals surface area contributed by atoms with Crippen LogP contribution in [-0.4, -0.2) is 38.6 Å². The van der Waals surface area contributed by atoms with Gasteiger partial charge < -0.3 is 20.3 Å². The molecule has 0 bridgehead atoms. The third-order valence-electron chi connectivity index (χ3n) is 3.46. The Bertz CT molecular complexity index is 554. The number of benzene rings is 1. The second-order valence-electron chi connectivity index (χ2n) is 5.54. The molecule has 0 saturated carbocycles. The number of aromatic nitrogens is 1. The Balaban J connectivity index is 2.23. The molecular formula is C15H21NO3. The van der Waals surface area contributed by atoms with Crippen LogP contribution in [0.4, 0.5) is 0 Å². The van der Waals surface area contributed by atoms with Crippen LogP contribution in [0.2, 0.25) is 0 Å². The lowest BCUT2D eigenvalue weighted by atomic mass is 9.95. The van der Waals surface area contributed by atoms with Gasteiger partial charge in [-0.3, -0.25) is 0 Å². The summed E-state index contributed by atoms with van der Waals surface area (Å²) in [6.07, 6.45) is 2.15. The van der Waals surface area contributed by atoms with E-state index in [2.05, 4.69) is 4.98 Å². The fourth-order valence-corrected chi connectivity index (χ4v) is 2.16. The maximum Gasteiger partial charge on any atom is 0.0861 e. The first-order chi connectivity index (χ1) is 8.91. The predicted molar refractivity (Wildman–Crippen MR) is 75.1 cm³/mol. The van der Waals surface area contributed by atoms with E-state index in [9.17, 15) is 10.2 Å². The molecular weight excluding hydrogens is 242 g/mol. The molecule has 0 saturated heterocycles. The Kier molecular flexibility index (Phi) is 3.94. The van der Waals surface area contributed by atoms with Gasteiger partial charge in [-0.05, 0) is 37.5 Å². The molecule has 0 unspecified atom stereocenters. The van der Waals surface area contributed by atoms with E-state index in [1.54, 1.807) is 13.8 Å². The smallest absolute Gasteiger partial charge is 0.0861 e. The highest BCUT2D eigenvalue weighted by Crippen LogP contribution is 2.22. The van der Waals surface area contributed by atoms with Crippen LogP contribution >= 0.6 is 0 Å². The van der Waals surface area contributed by atoms with Crippen LogP contribution in [0.25, 0.3) is 10.9 Å². The number of hydrogen-bond donors (Lipinski definition) is 4. The Hall–Kier alpha value is -1.36. The standard InChI is InChI=1S/C15H21NO3/c1-15(2,19)14(18)8-10-3-4-12-11(5-6-17)9-16-13(12)7-10/h3-4,7,9,14,16-19H,5-6,8H2,1-2H3/t14-/m0/s1. The topological polar surface area (TPSA) is 76.5 Å². The van der Waals surface area contributed by atoms with E-state index in [0.29, 0.717) is 12.8 Å². The second-order valence-corrected chi connectivity index (χ2v) is 5.54. The molecule has 1 aromatic heterocycles. The molecule has 4 N–H and O–H groups in total. The number of hydrogen-bond acceptors (Lipinski definition) is 3. The Morgan fingerprint density at radius 2 is 2.05 bits per heavy atom. The molecule has 2 aromatic rings. The fraction of sp³-hybridized carbons (Fsp3) is 0.467. The minimum Gasteiger partial charge on any atom is -0.396 e. The summed E-state index contributed by atoms with van der Waals surface area (Å²) in [6.45, 7) is 3.33. The van der Waals surface area contributed by atoms with E-state index in [4.69, 9.17) is 5.11 Å². The largest absolute Gasteiger partial charge is 0.396 e. The Morgan fingerprint density at radius 1 is 1.32 bits per heavy atom. The second kappa shape index (κ2) is 5.33. The van der Waals surface area contributed by atoms with Crippen molar-refractivity contribution in [2.45, 2.75) is 38.4 Å². The summed E-state index contributed by atoms with van der Waals surface area (Å²) >= 11 is 0. The third kappa shape index (κ3) is 3.15. The average Bonchev–Trinajstić information content (AvgIpc) is 2.71. The van der Waals surface area contributed by atoms with E-state index in [1.165, 1.54) is 0 Å². The van der Waals surface area contributed by atoms with Gasteiger partial charge in [-0.25, -0.2) is 0 Å². The van der Waals surface area contributed by atoms with Crippen LogP contribution in [0, 0.1) is 0 Å². The monoisotopic (exact) mass is 263 g/mol. The van der Waals surface area contributed by atoms with Crippen molar-refractivity contribution in [3.05, 3.63) is 35.5 Å². The maximum absolute atomic E-state index is 9.91. The molecule has 1 heterocycles. The van der Waals surface area contributed by atoms with Crippen molar-refractivity contribution in [1.82, 2.24) is 4.98 Å². The highest BCUT2D eigenvalue weighted by molar-refractivity contribution is 5.83. The normalized spacial score (nSPS) is 13.9. The van der Waals surface area contributed by atoms with Gasteiger partial charge >= 0.3 is 0 Å². The first-order valence-corrected chi connectivity index (χ1v) is 6.52. The van der Waals surface area contributed by atoms with Crippen molar-refractivity contribution in [2.24, 2.45) is 0 Å². The van der Waals surface area contributed by atoms with Crippen molar-refractivity contribution in [2.75, 3.05) is 6.61 Å². The summed E-state index contributed by atoms with van der Waals surface area (Å²) < 4.78 is 0. The summed E-state index contributed by atoms with van der Waals surface area (Å²) in [5.74, 6) is 0. The van der Waals surface area contributed by atoms with Crippen LogP contribution in [0.15, 0.2) is 24.4 Å². The summed E-state index contributed by atoms with van der Waals surface area (Å²) in [4.78, 5) is 3.17. The van der Waals surface area contributed by atoms with Crippen molar-refractivity contribution < 1.29 is 15.3 Å². The zero-order valence-electron chi connectivity index (χ0n) is 11.3. The van der Waals surface area contributed by atoms with Gasteiger partial charge in [0.2, 0.25) is 0 Å². The van der Waals surface area contributed by atoms with Crippen LogP contribution in [0.3, 0.4) is 0 Å². The number of nitrogens with one attached hydrogen (secondary N) is 1. The van der Waals surface area contributed by atoms with Gasteiger partial charge in [0.1, 0.15) is 0 Å². The maximum atomic E-state index is 9.91. The molecule has 4 heteroatoms. The lowest BCUT2D eigenvalue weighted by Gasteiger charge is -2.24. The molecule has 0 spiro atoms. The van der Waals surface area contributed by atoms with Crippen LogP contribution in [-0.2, 0) is 12.8 Å². The summed E-state index contributed by atoms with van der Waals surface area (Å²) in [7, 11) is 0. The van der Waals surface area contributed by atoms with Crippen LogP contribution in [0.1, 0.15) is 25.0 Å². The van der Waals surface area contributed by atoms with Gasteiger partial charge in [-0.15, -0.1) is 0 Å². The molecule has 0 aliphatic heterocycles. The zero-order valence-corrected chi connectivity index (χ0v) is 11.3. The number of H-pyrrole nitrogens is 1. The average molecular weight is 263 g/mol. The number of fused-ring (bicyclic) bond motifs is 1. The van der Waals surface area contributed by atoms with Crippen molar-refractivity contribution in [1.29, 1.82) is 0 Å². The third-order valence-corrected chi connectivity index (χ3v) is 3.46. The van der Waals surface area contributed by atoms with E-state index in [-0.39, 0.29) is 6.61 Å². The number of aliphatic hydroxyl groups excluding tert-OH is 2. The van der Waals surface area contributed by atoms with E-state index in [1.807, 2.05) is 24.4 Å². The number of aromatic amines is 1. The summed E-state index contributed by atoms with van der Waals surface area (Å²) in [5, 5.41) is 29.7. The van der Waals surface area contributed by atoms with E-state index >= 15 is 0 Å². The lowest BCUT2D eigenvalue weighted by Crippen LogP contribution is -2.37. The molecule has 19 heavy (non-hydrogen) atoms. The van der Waals surface area contributed by atoms with Gasteiger partial charge in [-0.2, -0.15) is 0 Å². The molecule has 0 radical (unpaired) electrons. The quantitative estimate of drug-likeness (QED) is 0.658. The zero-order chi connectivity index (χ0) is 14.0. The molecule has 104 valence electrons. The molecule has 0 aliphatic carbocycles. The number of rotatable bonds is 5. The molecule has 0 amide bonds. The molecule has 1 aromatic carbocycles. The lowest BCUT2D eigenvalue weighted by molar-refractivity contribution is -0.0469. The minimum absolute atomic E-state index is 0.131. The predicted octanol–water partition coefficient (Wildman–Crippen LogP) is 1.38. The van der Waals surface area contributed by atoms with Crippen molar-refractivity contribution in [3.8, 4) is 0 Å². The van der Waals surface area contributed by atoms with Gasteiger partial charge in [0.05, 0.1) is 11.7 Å². The minimum atomic E-state index is -1.10. The molecule has 0 aliphatic rings. The van der Waals surface area contributed by atoms with E-state index in [0.717, 1.165) is 22.0 Å². The molecule has 2 rings (SSSR count). The fourth-order valence-electron chi connectivity index (χ4n) is 2.16. The first kappa shape index (κ1) is 14.1. The summed E-state index contributed by atoms with van der Waals surface area (Å²) in [5.41, 5.74) is 1.95. The van der Waals surface area contributed by atoms with Gasteiger partial charge in [0.25, 0.3) is 0 Å². The summed E-state index contributed by atoms with van der Waals surface area (Å²) in [6, 6.07) is 5.92. The van der Waals surface area contributed by atoms with Gasteiger partial charge in [0, 0.05) is 30.1 Å². The molecule has 0 fully saturated rings. The highest BCUT2D eigenvalue weighted by Gasteiger charge is 2.24. The first-order valence-electron chi connectivity index (χ1n) is 6.52. The van der Waals surface area contributed by atoms with Gasteiger partial charge in [0.15, 0.2) is 0 Å². The van der Waals surface area contributed by atoms with Crippen LogP contribution in [0.5, 0.6) is 0 Å². The van der Waals surface area contributed by atoms with Crippen LogP contribution < -0.4 is 0 Å². The van der Waals surface area contributed by atoms with Crippen molar-refractivity contribution in [3.63, 3.8) is 0 Å². The molecule has 1 atom stereocenters. The SMILES string of the molecule is CC(C)(O)[C@@H](O)Cc1ccc2c(CCO)c[nH]c2c1. The van der Waals surface area contributed by atoms with E-state index < -0.39 is 11.7 Å². The number of aliphatic hydroxyl groups is 3. The Morgan fingerprint density at radius 3 is 2.68 bits per heavy atom. The van der Waals surface area contributed by atoms with Crippen molar-refractivity contribution >= 4 is 10.9 Å². The highest BCUT2D eigenvalue weighted by atomic mass is 16.3.